The molecule has 1 amide bonds. The van der Waals surface area contributed by atoms with Crippen molar-refractivity contribution in [3.05, 3.63) is 72.7 Å². The Morgan fingerprint density at radius 3 is 2.39 bits per heavy atom. The number of nitrogens with zero attached hydrogens (tertiary/aromatic N) is 4. The topological polar surface area (TPSA) is 80.2 Å². The Morgan fingerprint density at radius 2 is 1.64 bits per heavy atom. The summed E-state index contributed by atoms with van der Waals surface area (Å²) >= 11 is 0. The molecule has 3 heterocycles. The van der Waals surface area contributed by atoms with E-state index in [9.17, 15) is 4.79 Å². The fraction of sp³-hybridized carbons (Fsp3) is 0.238. The van der Waals surface area contributed by atoms with Crippen molar-refractivity contribution < 1.29 is 9.53 Å². The molecule has 0 bridgehead atoms. The van der Waals surface area contributed by atoms with Crippen LogP contribution in [-0.4, -0.2) is 40.0 Å². The van der Waals surface area contributed by atoms with Crippen LogP contribution < -0.4 is 15.0 Å². The number of carbonyl (C=O) groups is 1. The number of rotatable bonds is 5. The standard InChI is InChI=1S/C21H21N5O2/c27-19(18-8-4-11-22-20(18)28-17-6-2-1-3-7-17)25-16-9-14-26(15-10-16)21-23-12-5-13-24-21/h1-8,11-13,16H,9-10,14-15H2,(H,25,27). The van der Waals surface area contributed by atoms with E-state index in [1.807, 2.05) is 30.3 Å². The zero-order valence-electron chi connectivity index (χ0n) is 15.4. The summed E-state index contributed by atoms with van der Waals surface area (Å²) in [6.07, 6.45) is 6.77. The molecule has 28 heavy (non-hydrogen) atoms. The number of nitrogens with one attached hydrogen (secondary N) is 1. The van der Waals surface area contributed by atoms with E-state index in [4.69, 9.17) is 4.74 Å². The molecule has 3 aromatic rings. The number of aromatic nitrogens is 3. The van der Waals surface area contributed by atoms with Crippen molar-refractivity contribution in [2.45, 2.75) is 18.9 Å². The van der Waals surface area contributed by atoms with E-state index in [-0.39, 0.29) is 11.9 Å². The molecule has 1 aliphatic heterocycles. The lowest BCUT2D eigenvalue weighted by Gasteiger charge is -2.32. The van der Waals surface area contributed by atoms with Gasteiger partial charge in [-0.05, 0) is 43.2 Å². The summed E-state index contributed by atoms with van der Waals surface area (Å²) in [5.41, 5.74) is 0.431. The quantitative estimate of drug-likeness (QED) is 0.738. The van der Waals surface area contributed by atoms with Crippen LogP contribution in [0.3, 0.4) is 0 Å². The van der Waals surface area contributed by atoms with Gasteiger partial charge in [0.2, 0.25) is 11.8 Å². The predicted molar refractivity (Wildman–Crippen MR) is 105 cm³/mol. The van der Waals surface area contributed by atoms with Gasteiger partial charge in [-0.2, -0.15) is 0 Å². The van der Waals surface area contributed by atoms with E-state index in [2.05, 4.69) is 25.2 Å². The Balaban J connectivity index is 1.38. The SMILES string of the molecule is O=C(NC1CCN(c2ncccn2)CC1)c1cccnc1Oc1ccccc1. The van der Waals surface area contributed by atoms with E-state index in [1.54, 1.807) is 36.8 Å². The van der Waals surface area contributed by atoms with Crippen molar-refractivity contribution >= 4 is 11.9 Å². The third-order valence-corrected chi connectivity index (χ3v) is 4.64. The highest BCUT2D eigenvalue weighted by Crippen LogP contribution is 2.23. The van der Waals surface area contributed by atoms with Gasteiger partial charge in [0, 0.05) is 37.7 Å². The summed E-state index contributed by atoms with van der Waals surface area (Å²) in [5.74, 6) is 1.51. The first-order chi connectivity index (χ1) is 13.8. The van der Waals surface area contributed by atoms with Gasteiger partial charge in [-0.3, -0.25) is 4.79 Å². The van der Waals surface area contributed by atoms with Crippen LogP contribution in [0.1, 0.15) is 23.2 Å². The number of para-hydroxylation sites is 1. The number of hydrogen-bond donors (Lipinski definition) is 1. The number of piperidine rings is 1. The zero-order chi connectivity index (χ0) is 19.2. The number of pyridine rings is 1. The average molecular weight is 375 g/mol. The maximum atomic E-state index is 12.8. The monoisotopic (exact) mass is 375 g/mol. The van der Waals surface area contributed by atoms with Crippen molar-refractivity contribution in [3.8, 4) is 11.6 Å². The number of hydrogen-bond acceptors (Lipinski definition) is 6. The van der Waals surface area contributed by atoms with Crippen LogP contribution in [-0.2, 0) is 0 Å². The van der Waals surface area contributed by atoms with E-state index in [1.165, 1.54) is 0 Å². The van der Waals surface area contributed by atoms with Crippen LogP contribution >= 0.6 is 0 Å². The van der Waals surface area contributed by atoms with Gasteiger partial charge in [-0.25, -0.2) is 15.0 Å². The maximum Gasteiger partial charge on any atom is 0.257 e. The van der Waals surface area contributed by atoms with E-state index < -0.39 is 0 Å². The second kappa shape index (κ2) is 8.47. The molecule has 7 nitrogen and oxygen atoms in total. The predicted octanol–water partition coefficient (Wildman–Crippen LogP) is 3.06. The van der Waals surface area contributed by atoms with Gasteiger partial charge >= 0.3 is 0 Å². The molecule has 7 heteroatoms. The van der Waals surface area contributed by atoms with Crippen LogP contribution in [0.2, 0.25) is 0 Å². The van der Waals surface area contributed by atoms with Crippen LogP contribution in [0.5, 0.6) is 11.6 Å². The van der Waals surface area contributed by atoms with Crippen molar-refractivity contribution in [3.63, 3.8) is 0 Å². The fourth-order valence-electron chi connectivity index (χ4n) is 3.19. The summed E-state index contributed by atoms with van der Waals surface area (Å²) in [4.78, 5) is 27.8. The molecular weight excluding hydrogens is 354 g/mol. The fourth-order valence-corrected chi connectivity index (χ4v) is 3.19. The van der Waals surface area contributed by atoms with Crippen molar-refractivity contribution in [1.82, 2.24) is 20.3 Å². The van der Waals surface area contributed by atoms with Crippen LogP contribution in [0.25, 0.3) is 0 Å². The molecule has 1 saturated heterocycles. The summed E-state index contributed by atoms with van der Waals surface area (Å²) in [7, 11) is 0. The van der Waals surface area contributed by atoms with E-state index in [0.29, 0.717) is 17.2 Å². The van der Waals surface area contributed by atoms with Gasteiger partial charge in [-0.1, -0.05) is 18.2 Å². The molecule has 1 aliphatic rings. The zero-order valence-corrected chi connectivity index (χ0v) is 15.4. The van der Waals surface area contributed by atoms with Crippen molar-refractivity contribution in [2.24, 2.45) is 0 Å². The minimum absolute atomic E-state index is 0.0947. The van der Waals surface area contributed by atoms with Crippen molar-refractivity contribution in [2.75, 3.05) is 18.0 Å². The molecule has 0 unspecified atom stereocenters. The Morgan fingerprint density at radius 1 is 0.929 bits per heavy atom. The lowest BCUT2D eigenvalue weighted by atomic mass is 10.0. The molecule has 0 atom stereocenters. The Hall–Kier alpha value is -3.48. The Kier molecular flexibility index (Phi) is 5.42. The first kappa shape index (κ1) is 17.9. The highest BCUT2D eigenvalue weighted by Gasteiger charge is 2.24. The number of anilines is 1. The third kappa shape index (κ3) is 4.25. The first-order valence-electron chi connectivity index (χ1n) is 9.30. The van der Waals surface area contributed by atoms with Gasteiger partial charge in [-0.15, -0.1) is 0 Å². The number of ether oxygens (including phenoxy) is 1. The van der Waals surface area contributed by atoms with Crippen molar-refractivity contribution in [1.29, 1.82) is 0 Å². The van der Waals surface area contributed by atoms with E-state index >= 15 is 0 Å². The summed E-state index contributed by atoms with van der Waals surface area (Å²) in [6, 6.07) is 14.7. The molecule has 2 aromatic heterocycles. The molecule has 142 valence electrons. The Labute approximate surface area is 163 Å². The summed E-state index contributed by atoms with van der Waals surface area (Å²) in [5, 5.41) is 3.11. The highest BCUT2D eigenvalue weighted by molar-refractivity contribution is 5.96. The minimum atomic E-state index is -0.173. The van der Waals surface area contributed by atoms with Gasteiger partial charge in [0.25, 0.3) is 5.91 Å². The average Bonchev–Trinajstić information content (AvgIpc) is 2.76. The largest absolute Gasteiger partial charge is 0.438 e. The van der Waals surface area contributed by atoms with Crippen LogP contribution in [0, 0.1) is 0 Å². The Bertz CT molecular complexity index is 912. The van der Waals surface area contributed by atoms with Gasteiger partial charge in [0.05, 0.1) is 0 Å². The van der Waals surface area contributed by atoms with E-state index in [0.717, 1.165) is 31.9 Å². The summed E-state index contributed by atoms with van der Waals surface area (Å²) in [6.45, 7) is 1.60. The minimum Gasteiger partial charge on any atom is -0.438 e. The lowest BCUT2D eigenvalue weighted by Crippen LogP contribution is -2.45. The first-order valence-corrected chi connectivity index (χ1v) is 9.30. The molecule has 0 aliphatic carbocycles. The molecule has 1 aromatic carbocycles. The molecule has 0 spiro atoms. The molecule has 0 radical (unpaired) electrons. The lowest BCUT2D eigenvalue weighted by molar-refractivity contribution is 0.0928. The number of benzene rings is 1. The maximum absolute atomic E-state index is 12.8. The van der Waals surface area contributed by atoms with Gasteiger partial charge in [0.1, 0.15) is 11.3 Å². The van der Waals surface area contributed by atoms with Crippen LogP contribution in [0.15, 0.2) is 67.1 Å². The molecule has 1 fully saturated rings. The highest BCUT2D eigenvalue weighted by atomic mass is 16.5. The van der Waals surface area contributed by atoms with Crippen LogP contribution in [0.4, 0.5) is 5.95 Å². The smallest absolute Gasteiger partial charge is 0.257 e. The molecule has 4 rings (SSSR count). The molecular formula is C21H21N5O2. The number of carbonyl (C=O) groups excluding carboxylic acids is 1. The third-order valence-electron chi connectivity index (χ3n) is 4.64. The normalized spacial score (nSPS) is 14.5. The second-order valence-corrected chi connectivity index (χ2v) is 6.55. The van der Waals surface area contributed by atoms with Gasteiger partial charge in [0.15, 0.2) is 0 Å². The number of amides is 1. The summed E-state index contributed by atoms with van der Waals surface area (Å²) < 4.78 is 5.80. The second-order valence-electron chi connectivity index (χ2n) is 6.55. The molecule has 1 N–H and O–H groups in total. The molecule has 0 saturated carbocycles. The van der Waals surface area contributed by atoms with Gasteiger partial charge < -0.3 is 15.0 Å².